The van der Waals surface area contributed by atoms with Crippen molar-refractivity contribution < 1.29 is 14.4 Å². The van der Waals surface area contributed by atoms with E-state index in [1.54, 1.807) is 0 Å². The maximum Gasteiger partial charge on any atom is 0.342 e. The number of carboxylic acid groups (broad SMARTS) is 1. The molecule has 2 rings (SSSR count). The molecule has 5 heteroatoms. The van der Waals surface area contributed by atoms with Crippen molar-refractivity contribution in [1.82, 2.24) is 5.16 Å². The highest BCUT2D eigenvalue weighted by atomic mass is 35.5. The zero-order valence-electron chi connectivity index (χ0n) is 6.79. The van der Waals surface area contributed by atoms with Crippen molar-refractivity contribution in [2.75, 3.05) is 0 Å². The Balaban J connectivity index is 2.27. The molecule has 0 unspecified atom stereocenters. The van der Waals surface area contributed by atoms with Crippen LogP contribution in [-0.2, 0) is 6.42 Å². The number of nitrogens with zero attached hydrogens (tertiary/aromatic N) is 1. The smallest absolute Gasteiger partial charge is 0.342 e. The largest absolute Gasteiger partial charge is 0.477 e. The van der Waals surface area contributed by atoms with Crippen LogP contribution in [0, 0.1) is 5.92 Å². The Hall–Kier alpha value is -1.03. The third kappa shape index (κ3) is 1.67. The SMILES string of the molecule is O=C(O)c1c(Cl)noc1CC1CC1. The number of rotatable bonds is 3. The highest BCUT2D eigenvalue weighted by Crippen LogP contribution is 2.34. The van der Waals surface area contributed by atoms with Gasteiger partial charge in [-0.1, -0.05) is 16.8 Å². The molecule has 1 aromatic heterocycles. The third-order valence-corrected chi connectivity index (χ3v) is 2.36. The van der Waals surface area contributed by atoms with E-state index in [1.807, 2.05) is 0 Å². The van der Waals surface area contributed by atoms with Gasteiger partial charge in [0.2, 0.25) is 0 Å². The number of carboxylic acids is 1. The van der Waals surface area contributed by atoms with Gasteiger partial charge in [0.15, 0.2) is 10.9 Å². The average molecular weight is 202 g/mol. The normalized spacial score (nSPS) is 16.1. The Morgan fingerprint density at radius 1 is 1.69 bits per heavy atom. The molecular formula is C8H8ClNO3. The minimum absolute atomic E-state index is 0.0218. The lowest BCUT2D eigenvalue weighted by atomic mass is 10.1. The highest BCUT2D eigenvalue weighted by Gasteiger charge is 2.28. The van der Waals surface area contributed by atoms with Crippen molar-refractivity contribution in [3.8, 4) is 0 Å². The summed E-state index contributed by atoms with van der Waals surface area (Å²) in [6.07, 6.45) is 2.91. The average Bonchev–Trinajstić information content (AvgIpc) is 2.76. The quantitative estimate of drug-likeness (QED) is 0.812. The molecule has 0 aliphatic heterocycles. The summed E-state index contributed by atoms with van der Waals surface area (Å²) in [6, 6.07) is 0. The van der Waals surface area contributed by atoms with Crippen LogP contribution in [-0.4, -0.2) is 16.2 Å². The van der Waals surface area contributed by atoms with Gasteiger partial charge < -0.3 is 9.63 Å². The van der Waals surface area contributed by atoms with E-state index in [0.29, 0.717) is 18.1 Å². The fourth-order valence-corrected chi connectivity index (χ4v) is 1.45. The molecule has 4 nitrogen and oxygen atoms in total. The van der Waals surface area contributed by atoms with Crippen molar-refractivity contribution in [3.05, 3.63) is 16.5 Å². The summed E-state index contributed by atoms with van der Waals surface area (Å²) >= 11 is 5.56. The Morgan fingerprint density at radius 3 is 2.92 bits per heavy atom. The van der Waals surface area contributed by atoms with Crippen molar-refractivity contribution in [1.29, 1.82) is 0 Å². The monoisotopic (exact) mass is 201 g/mol. The Morgan fingerprint density at radius 2 is 2.38 bits per heavy atom. The molecule has 70 valence electrons. The van der Waals surface area contributed by atoms with Gasteiger partial charge in [0.25, 0.3) is 0 Å². The fourth-order valence-electron chi connectivity index (χ4n) is 1.23. The predicted octanol–water partition coefficient (Wildman–Crippen LogP) is 1.98. The highest BCUT2D eigenvalue weighted by molar-refractivity contribution is 6.32. The molecule has 1 heterocycles. The molecule has 1 aliphatic rings. The number of hydrogen-bond donors (Lipinski definition) is 1. The first-order chi connectivity index (χ1) is 6.18. The van der Waals surface area contributed by atoms with Crippen LogP contribution >= 0.6 is 11.6 Å². The molecule has 0 bridgehead atoms. The summed E-state index contributed by atoms with van der Waals surface area (Å²) in [5.41, 5.74) is 0.0218. The Bertz CT molecular complexity index is 343. The molecule has 1 N–H and O–H groups in total. The lowest BCUT2D eigenvalue weighted by Gasteiger charge is -1.93. The predicted molar refractivity (Wildman–Crippen MR) is 44.9 cm³/mol. The number of aromatic nitrogens is 1. The van der Waals surface area contributed by atoms with E-state index in [2.05, 4.69) is 5.16 Å². The maximum absolute atomic E-state index is 10.7. The van der Waals surface area contributed by atoms with Crippen molar-refractivity contribution in [2.24, 2.45) is 5.92 Å². The molecule has 0 radical (unpaired) electrons. The van der Waals surface area contributed by atoms with Gasteiger partial charge in [-0.2, -0.15) is 0 Å². The molecule has 1 aromatic rings. The summed E-state index contributed by atoms with van der Waals surface area (Å²) in [6.45, 7) is 0. The van der Waals surface area contributed by atoms with Crippen molar-refractivity contribution >= 4 is 17.6 Å². The van der Waals surface area contributed by atoms with Gasteiger partial charge >= 0.3 is 5.97 Å². The van der Waals surface area contributed by atoms with Crippen LogP contribution in [0.15, 0.2) is 4.52 Å². The maximum atomic E-state index is 10.7. The van der Waals surface area contributed by atoms with Crippen LogP contribution in [0.2, 0.25) is 5.15 Å². The minimum Gasteiger partial charge on any atom is -0.477 e. The van der Waals surface area contributed by atoms with E-state index in [4.69, 9.17) is 21.2 Å². The number of aromatic carboxylic acids is 1. The molecule has 13 heavy (non-hydrogen) atoms. The first kappa shape index (κ1) is 8.56. The van der Waals surface area contributed by atoms with Gasteiger partial charge in [-0.25, -0.2) is 4.79 Å². The second kappa shape index (κ2) is 3.03. The topological polar surface area (TPSA) is 63.3 Å². The second-order valence-electron chi connectivity index (χ2n) is 3.22. The number of hydrogen-bond acceptors (Lipinski definition) is 3. The first-order valence-corrected chi connectivity index (χ1v) is 4.43. The Kier molecular flexibility index (Phi) is 2.00. The van der Waals surface area contributed by atoms with Crippen LogP contribution in [0.25, 0.3) is 0 Å². The molecule has 0 amide bonds. The molecule has 0 saturated heterocycles. The van der Waals surface area contributed by atoms with E-state index < -0.39 is 5.97 Å². The molecule has 1 saturated carbocycles. The summed E-state index contributed by atoms with van der Waals surface area (Å²) < 4.78 is 4.84. The van der Waals surface area contributed by atoms with Crippen LogP contribution in [0.1, 0.15) is 29.0 Å². The summed E-state index contributed by atoms with van der Waals surface area (Å²) in [7, 11) is 0. The van der Waals surface area contributed by atoms with Crippen molar-refractivity contribution in [2.45, 2.75) is 19.3 Å². The van der Waals surface area contributed by atoms with E-state index in [9.17, 15) is 4.79 Å². The lowest BCUT2D eigenvalue weighted by molar-refractivity contribution is 0.0694. The minimum atomic E-state index is -1.07. The van der Waals surface area contributed by atoms with Crippen LogP contribution in [0.3, 0.4) is 0 Å². The standard InChI is InChI=1S/C8H8ClNO3/c9-7-6(8(11)12)5(13-10-7)3-4-1-2-4/h4H,1-3H2,(H,11,12). The van der Waals surface area contributed by atoms with Gasteiger partial charge in [-0.05, 0) is 18.8 Å². The Labute approximate surface area is 79.5 Å². The van der Waals surface area contributed by atoms with E-state index in [0.717, 1.165) is 12.8 Å². The number of carbonyl (C=O) groups is 1. The summed E-state index contributed by atoms with van der Waals surface area (Å²) in [5, 5.41) is 12.2. The van der Waals surface area contributed by atoms with E-state index in [-0.39, 0.29) is 10.7 Å². The van der Waals surface area contributed by atoms with E-state index in [1.165, 1.54) is 0 Å². The lowest BCUT2D eigenvalue weighted by Crippen LogP contribution is -2.00. The molecule has 1 fully saturated rings. The van der Waals surface area contributed by atoms with Crippen LogP contribution in [0.4, 0.5) is 0 Å². The van der Waals surface area contributed by atoms with Gasteiger partial charge in [-0.15, -0.1) is 0 Å². The third-order valence-electron chi connectivity index (χ3n) is 2.11. The molecule has 0 spiro atoms. The van der Waals surface area contributed by atoms with E-state index >= 15 is 0 Å². The van der Waals surface area contributed by atoms with Crippen LogP contribution in [0.5, 0.6) is 0 Å². The van der Waals surface area contributed by atoms with Gasteiger partial charge in [0.05, 0.1) is 0 Å². The van der Waals surface area contributed by atoms with Crippen molar-refractivity contribution in [3.63, 3.8) is 0 Å². The second-order valence-corrected chi connectivity index (χ2v) is 3.58. The number of halogens is 1. The molecular weight excluding hydrogens is 194 g/mol. The van der Waals surface area contributed by atoms with Gasteiger partial charge in [0.1, 0.15) is 5.56 Å². The molecule has 0 aromatic carbocycles. The summed E-state index contributed by atoms with van der Waals surface area (Å²) in [5.74, 6) is -0.107. The van der Waals surface area contributed by atoms with Crippen LogP contribution < -0.4 is 0 Å². The zero-order valence-corrected chi connectivity index (χ0v) is 7.54. The molecule has 1 aliphatic carbocycles. The fraction of sp³-hybridized carbons (Fsp3) is 0.500. The molecule has 0 atom stereocenters. The van der Waals surface area contributed by atoms with Gasteiger partial charge in [0, 0.05) is 6.42 Å². The zero-order chi connectivity index (χ0) is 9.42. The first-order valence-electron chi connectivity index (χ1n) is 4.06. The van der Waals surface area contributed by atoms with Gasteiger partial charge in [-0.3, -0.25) is 0 Å². The summed E-state index contributed by atoms with van der Waals surface area (Å²) in [4.78, 5) is 10.7.